The molecule has 3 nitrogen and oxygen atoms in total. The molecule has 0 aliphatic rings. The number of benzene rings is 1. The number of carbonyl (C=O) groups is 1. The van der Waals surface area contributed by atoms with Gasteiger partial charge < -0.3 is 10.6 Å². The number of nitrogens with one attached hydrogen (secondary N) is 2. The van der Waals surface area contributed by atoms with Crippen molar-refractivity contribution in [2.75, 3.05) is 11.9 Å². The van der Waals surface area contributed by atoms with Crippen LogP contribution in [-0.2, 0) is 4.79 Å². The average Bonchev–Trinajstić information content (AvgIpc) is 2.30. The molecular formula is C13H19FN2O. The van der Waals surface area contributed by atoms with Gasteiger partial charge in [-0.1, -0.05) is 25.5 Å². The summed E-state index contributed by atoms with van der Waals surface area (Å²) in [5.74, 6) is -0.638. The third-order valence-electron chi connectivity index (χ3n) is 2.48. The molecule has 17 heavy (non-hydrogen) atoms. The molecular weight excluding hydrogens is 219 g/mol. The highest BCUT2D eigenvalue weighted by atomic mass is 19.1. The predicted octanol–water partition coefficient (Wildman–Crippen LogP) is 2.54. The molecule has 1 unspecified atom stereocenters. The van der Waals surface area contributed by atoms with Crippen molar-refractivity contribution in [2.24, 2.45) is 0 Å². The Morgan fingerprint density at radius 2 is 2.12 bits per heavy atom. The fourth-order valence-corrected chi connectivity index (χ4v) is 1.56. The molecule has 0 saturated heterocycles. The van der Waals surface area contributed by atoms with Crippen LogP contribution in [0.2, 0.25) is 0 Å². The van der Waals surface area contributed by atoms with Gasteiger partial charge in [-0.15, -0.1) is 0 Å². The number of halogens is 1. The number of carbonyl (C=O) groups excluding carboxylic acids is 1. The zero-order valence-electron chi connectivity index (χ0n) is 10.3. The number of para-hydroxylation sites is 1. The predicted molar refractivity (Wildman–Crippen MR) is 67.4 cm³/mol. The van der Waals surface area contributed by atoms with Gasteiger partial charge in [-0.05, 0) is 25.5 Å². The van der Waals surface area contributed by atoms with E-state index in [1.165, 1.54) is 6.07 Å². The summed E-state index contributed by atoms with van der Waals surface area (Å²) in [6, 6.07) is 6.44. The Balaban J connectivity index is 2.37. The van der Waals surface area contributed by atoms with Crippen LogP contribution < -0.4 is 10.6 Å². The Hall–Kier alpha value is -1.42. The molecule has 1 aromatic rings. The monoisotopic (exact) mass is 238 g/mol. The fraction of sp³-hybridized carbons (Fsp3) is 0.462. The summed E-state index contributed by atoms with van der Waals surface area (Å²) >= 11 is 0. The zero-order valence-corrected chi connectivity index (χ0v) is 10.3. The fourth-order valence-electron chi connectivity index (χ4n) is 1.56. The topological polar surface area (TPSA) is 41.1 Å². The number of amides is 1. The van der Waals surface area contributed by atoms with Crippen LogP contribution in [0.5, 0.6) is 0 Å². The van der Waals surface area contributed by atoms with Crippen LogP contribution in [-0.4, -0.2) is 18.5 Å². The van der Waals surface area contributed by atoms with E-state index in [0.717, 1.165) is 12.8 Å². The van der Waals surface area contributed by atoms with E-state index in [2.05, 4.69) is 17.6 Å². The second-order valence-electron chi connectivity index (χ2n) is 4.10. The second-order valence-corrected chi connectivity index (χ2v) is 4.10. The van der Waals surface area contributed by atoms with Crippen LogP contribution in [0.25, 0.3) is 0 Å². The first-order chi connectivity index (χ1) is 8.13. The van der Waals surface area contributed by atoms with Gasteiger partial charge in [0.25, 0.3) is 0 Å². The van der Waals surface area contributed by atoms with Gasteiger partial charge in [0.15, 0.2) is 0 Å². The lowest BCUT2D eigenvalue weighted by molar-refractivity contribution is -0.115. The van der Waals surface area contributed by atoms with E-state index < -0.39 is 5.82 Å². The summed E-state index contributed by atoms with van der Waals surface area (Å²) in [7, 11) is 0. The Morgan fingerprint density at radius 3 is 2.76 bits per heavy atom. The molecule has 1 atom stereocenters. The first-order valence-electron chi connectivity index (χ1n) is 5.91. The zero-order chi connectivity index (χ0) is 12.7. The number of hydrogen-bond acceptors (Lipinski definition) is 2. The van der Waals surface area contributed by atoms with E-state index in [1.54, 1.807) is 18.2 Å². The first-order valence-corrected chi connectivity index (χ1v) is 5.91. The van der Waals surface area contributed by atoms with Crippen LogP contribution >= 0.6 is 0 Å². The molecule has 1 aromatic carbocycles. The molecule has 94 valence electrons. The van der Waals surface area contributed by atoms with Crippen molar-refractivity contribution in [3.05, 3.63) is 30.1 Å². The SMILES string of the molecule is CCCC(C)NCC(=O)Nc1ccccc1F. The number of hydrogen-bond donors (Lipinski definition) is 2. The van der Waals surface area contributed by atoms with Gasteiger partial charge in [0.1, 0.15) is 5.82 Å². The molecule has 0 spiro atoms. The van der Waals surface area contributed by atoms with Gasteiger partial charge in [-0.2, -0.15) is 0 Å². The quantitative estimate of drug-likeness (QED) is 0.799. The van der Waals surface area contributed by atoms with Crippen molar-refractivity contribution in [2.45, 2.75) is 32.7 Å². The van der Waals surface area contributed by atoms with Gasteiger partial charge in [0.05, 0.1) is 12.2 Å². The van der Waals surface area contributed by atoms with Crippen molar-refractivity contribution < 1.29 is 9.18 Å². The van der Waals surface area contributed by atoms with E-state index >= 15 is 0 Å². The molecule has 0 heterocycles. The number of rotatable bonds is 6. The van der Waals surface area contributed by atoms with E-state index in [9.17, 15) is 9.18 Å². The molecule has 1 amide bonds. The maximum atomic E-state index is 13.2. The summed E-state index contributed by atoms with van der Waals surface area (Å²) in [5.41, 5.74) is 0.224. The van der Waals surface area contributed by atoms with Gasteiger partial charge in [0, 0.05) is 6.04 Å². The first kappa shape index (κ1) is 13.6. The van der Waals surface area contributed by atoms with Crippen LogP contribution in [0, 0.1) is 5.82 Å². The van der Waals surface area contributed by atoms with E-state index in [-0.39, 0.29) is 18.1 Å². The lowest BCUT2D eigenvalue weighted by atomic mass is 10.2. The molecule has 0 bridgehead atoms. The molecule has 0 radical (unpaired) electrons. The summed E-state index contributed by atoms with van der Waals surface area (Å²) in [4.78, 5) is 11.5. The summed E-state index contributed by atoms with van der Waals surface area (Å²) in [5, 5.41) is 5.62. The second kappa shape index (κ2) is 7.01. The third kappa shape index (κ3) is 4.95. The van der Waals surface area contributed by atoms with E-state index in [4.69, 9.17) is 0 Å². The van der Waals surface area contributed by atoms with Crippen LogP contribution in [0.3, 0.4) is 0 Å². The average molecular weight is 238 g/mol. The van der Waals surface area contributed by atoms with Crippen LogP contribution in [0.1, 0.15) is 26.7 Å². The van der Waals surface area contributed by atoms with Crippen molar-refractivity contribution in [1.29, 1.82) is 0 Å². The van der Waals surface area contributed by atoms with E-state index in [0.29, 0.717) is 6.04 Å². The molecule has 1 rings (SSSR count). The minimum absolute atomic E-state index is 0.204. The smallest absolute Gasteiger partial charge is 0.238 e. The highest BCUT2D eigenvalue weighted by Crippen LogP contribution is 2.11. The van der Waals surface area contributed by atoms with Gasteiger partial charge in [0.2, 0.25) is 5.91 Å². The minimum atomic E-state index is -0.414. The lowest BCUT2D eigenvalue weighted by Gasteiger charge is -2.12. The molecule has 2 N–H and O–H groups in total. The summed E-state index contributed by atoms with van der Waals surface area (Å²) in [6.45, 7) is 4.33. The van der Waals surface area contributed by atoms with E-state index in [1.807, 2.05) is 6.92 Å². The van der Waals surface area contributed by atoms with Crippen LogP contribution in [0.4, 0.5) is 10.1 Å². The standard InChI is InChI=1S/C13H19FN2O/c1-3-6-10(2)15-9-13(17)16-12-8-5-4-7-11(12)14/h4-5,7-8,10,15H,3,6,9H2,1-2H3,(H,16,17). The highest BCUT2D eigenvalue weighted by molar-refractivity contribution is 5.92. The molecule has 0 aliphatic carbocycles. The Bertz CT molecular complexity index is 368. The normalized spacial score (nSPS) is 12.2. The summed E-state index contributed by atoms with van der Waals surface area (Å²) < 4.78 is 13.2. The van der Waals surface area contributed by atoms with Gasteiger partial charge in [-0.25, -0.2) is 4.39 Å². The Kier molecular flexibility index (Phi) is 5.63. The van der Waals surface area contributed by atoms with Crippen LogP contribution in [0.15, 0.2) is 24.3 Å². The summed E-state index contributed by atoms with van der Waals surface area (Å²) in [6.07, 6.45) is 2.09. The van der Waals surface area contributed by atoms with Crippen molar-refractivity contribution >= 4 is 11.6 Å². The number of anilines is 1. The molecule has 4 heteroatoms. The molecule has 0 aromatic heterocycles. The van der Waals surface area contributed by atoms with Gasteiger partial charge >= 0.3 is 0 Å². The molecule has 0 fully saturated rings. The third-order valence-corrected chi connectivity index (χ3v) is 2.48. The van der Waals surface area contributed by atoms with Crippen molar-refractivity contribution in [3.63, 3.8) is 0 Å². The largest absolute Gasteiger partial charge is 0.322 e. The lowest BCUT2D eigenvalue weighted by Crippen LogP contribution is -2.34. The molecule has 0 saturated carbocycles. The van der Waals surface area contributed by atoms with Crippen molar-refractivity contribution in [1.82, 2.24) is 5.32 Å². The molecule has 0 aliphatic heterocycles. The maximum absolute atomic E-state index is 13.2. The Labute approximate surface area is 101 Å². The van der Waals surface area contributed by atoms with Gasteiger partial charge in [-0.3, -0.25) is 4.79 Å². The minimum Gasteiger partial charge on any atom is -0.322 e. The Morgan fingerprint density at radius 1 is 1.41 bits per heavy atom. The van der Waals surface area contributed by atoms with Crippen molar-refractivity contribution in [3.8, 4) is 0 Å². The maximum Gasteiger partial charge on any atom is 0.238 e. The highest BCUT2D eigenvalue weighted by Gasteiger charge is 2.07.